The third-order valence-electron chi connectivity index (χ3n) is 3.13. The van der Waals surface area contributed by atoms with Crippen LogP contribution in [0.3, 0.4) is 0 Å². The molecule has 18 heavy (non-hydrogen) atoms. The number of aliphatic hydroxyl groups is 1. The van der Waals surface area contributed by atoms with E-state index in [1.54, 1.807) is 0 Å². The number of aromatic nitrogens is 2. The predicted octanol–water partition coefficient (Wildman–Crippen LogP) is -0.685. The molecule has 0 amide bonds. The molecule has 2 rings (SSSR count). The molecule has 0 aromatic carbocycles. The first-order chi connectivity index (χ1) is 8.66. The van der Waals surface area contributed by atoms with Crippen molar-refractivity contribution in [1.82, 2.24) is 14.9 Å². The highest BCUT2D eigenvalue weighted by Gasteiger charge is 2.24. The molecular weight excluding hydrogens is 234 g/mol. The topological polar surface area (TPSA) is 84.2 Å². The average Bonchev–Trinajstić information content (AvgIpc) is 2.35. The summed E-state index contributed by atoms with van der Waals surface area (Å²) in [5.41, 5.74) is -0.240. The van der Waals surface area contributed by atoms with Gasteiger partial charge in [-0.05, 0) is 19.4 Å². The lowest BCUT2D eigenvalue weighted by molar-refractivity contribution is -0.121. The largest absolute Gasteiger partial charge is 0.391 e. The number of hydrogen-bond acceptors (Lipinski definition) is 5. The summed E-state index contributed by atoms with van der Waals surface area (Å²) in [6.07, 6.45) is 4.16. The number of carbonyl (C=O) groups excluding carboxylic acids is 1. The summed E-state index contributed by atoms with van der Waals surface area (Å²) < 4.78 is 1.28. The summed E-state index contributed by atoms with van der Waals surface area (Å²) in [5.74, 6) is -0.0800. The fourth-order valence-electron chi connectivity index (χ4n) is 2.14. The Kier molecular flexibility index (Phi) is 4.22. The number of aliphatic hydroxyl groups excluding tert-OH is 1. The third kappa shape index (κ3) is 3.24. The molecule has 1 saturated heterocycles. The van der Waals surface area contributed by atoms with Gasteiger partial charge in [-0.25, -0.2) is 4.98 Å². The summed E-state index contributed by atoms with van der Waals surface area (Å²) in [4.78, 5) is 27.1. The van der Waals surface area contributed by atoms with E-state index in [9.17, 15) is 14.7 Å². The highest BCUT2D eigenvalue weighted by atomic mass is 16.3. The van der Waals surface area contributed by atoms with Crippen molar-refractivity contribution in [1.29, 1.82) is 0 Å². The second-order valence-electron chi connectivity index (χ2n) is 4.56. The molecule has 0 aliphatic carbocycles. The Morgan fingerprint density at radius 3 is 3.17 bits per heavy atom. The van der Waals surface area contributed by atoms with Crippen LogP contribution in [0.4, 0.5) is 0 Å². The predicted molar refractivity (Wildman–Crippen MR) is 65.2 cm³/mol. The summed E-state index contributed by atoms with van der Waals surface area (Å²) in [6.45, 7) is 0.833. The lowest BCUT2D eigenvalue weighted by Crippen LogP contribution is -2.46. The van der Waals surface area contributed by atoms with Gasteiger partial charge < -0.3 is 10.4 Å². The van der Waals surface area contributed by atoms with Crippen LogP contribution in [-0.4, -0.2) is 39.1 Å². The molecule has 2 N–H and O–H groups in total. The van der Waals surface area contributed by atoms with Crippen LogP contribution >= 0.6 is 0 Å². The standard InChI is InChI=1S/C12H17N3O3/c16-9(6-10-11(17)2-1-4-14-10)7-15-8-13-5-3-12(15)18/h3,5,8,10-11,14,17H,1-2,4,6-7H2/t10-,11+/m1/s1. The van der Waals surface area contributed by atoms with Crippen LogP contribution in [0.5, 0.6) is 0 Å². The number of ketones is 1. The molecule has 0 radical (unpaired) electrons. The van der Waals surface area contributed by atoms with E-state index in [4.69, 9.17) is 0 Å². The number of nitrogens with one attached hydrogen (secondary N) is 1. The van der Waals surface area contributed by atoms with Crippen molar-refractivity contribution >= 4 is 5.78 Å². The molecule has 0 spiro atoms. The Morgan fingerprint density at radius 1 is 1.61 bits per heavy atom. The van der Waals surface area contributed by atoms with Gasteiger partial charge in [-0.1, -0.05) is 0 Å². The number of nitrogens with zero attached hydrogens (tertiary/aromatic N) is 2. The van der Waals surface area contributed by atoms with Gasteiger partial charge in [0.05, 0.1) is 19.0 Å². The summed E-state index contributed by atoms with van der Waals surface area (Å²) >= 11 is 0. The van der Waals surface area contributed by atoms with E-state index >= 15 is 0 Å². The minimum absolute atomic E-state index is 0.0115. The quantitative estimate of drug-likeness (QED) is 0.740. The number of rotatable bonds is 4. The minimum atomic E-state index is -0.478. The van der Waals surface area contributed by atoms with Crippen molar-refractivity contribution in [3.05, 3.63) is 28.9 Å². The first kappa shape index (κ1) is 12.9. The smallest absolute Gasteiger partial charge is 0.253 e. The maximum absolute atomic E-state index is 11.8. The van der Waals surface area contributed by atoms with Crippen LogP contribution in [0.2, 0.25) is 0 Å². The maximum atomic E-state index is 11.8. The zero-order chi connectivity index (χ0) is 13.0. The van der Waals surface area contributed by atoms with Crippen molar-refractivity contribution in [3.8, 4) is 0 Å². The van der Waals surface area contributed by atoms with E-state index < -0.39 is 6.10 Å². The Labute approximate surface area is 105 Å². The number of carbonyl (C=O) groups is 1. The van der Waals surface area contributed by atoms with Gasteiger partial charge in [0.15, 0.2) is 5.78 Å². The molecule has 1 aromatic rings. The van der Waals surface area contributed by atoms with Crippen LogP contribution in [-0.2, 0) is 11.3 Å². The molecule has 1 fully saturated rings. The van der Waals surface area contributed by atoms with E-state index in [0.717, 1.165) is 19.4 Å². The Balaban J connectivity index is 1.92. The monoisotopic (exact) mass is 251 g/mol. The Morgan fingerprint density at radius 2 is 2.44 bits per heavy atom. The Hall–Kier alpha value is -1.53. The first-order valence-corrected chi connectivity index (χ1v) is 6.10. The summed E-state index contributed by atoms with van der Waals surface area (Å²) in [5, 5.41) is 12.9. The molecule has 1 aromatic heterocycles. The van der Waals surface area contributed by atoms with Crippen LogP contribution in [0, 0.1) is 0 Å². The number of Topliss-reactive ketones (excluding diaryl/α,β-unsaturated/α-hetero) is 1. The normalized spacial score (nSPS) is 23.8. The minimum Gasteiger partial charge on any atom is -0.391 e. The van der Waals surface area contributed by atoms with E-state index in [0.29, 0.717) is 0 Å². The number of hydrogen-bond donors (Lipinski definition) is 2. The zero-order valence-corrected chi connectivity index (χ0v) is 10.1. The van der Waals surface area contributed by atoms with Gasteiger partial charge in [0.1, 0.15) is 0 Å². The molecule has 0 bridgehead atoms. The zero-order valence-electron chi connectivity index (χ0n) is 10.1. The van der Waals surface area contributed by atoms with Gasteiger partial charge in [0.2, 0.25) is 0 Å². The second-order valence-corrected chi connectivity index (χ2v) is 4.56. The van der Waals surface area contributed by atoms with Crippen LogP contribution in [0.1, 0.15) is 19.3 Å². The van der Waals surface area contributed by atoms with Crippen molar-refractivity contribution in [3.63, 3.8) is 0 Å². The maximum Gasteiger partial charge on any atom is 0.253 e. The Bertz CT molecular complexity index is 472. The van der Waals surface area contributed by atoms with Crippen molar-refractivity contribution < 1.29 is 9.90 Å². The molecule has 2 atom stereocenters. The fourth-order valence-corrected chi connectivity index (χ4v) is 2.14. The van der Waals surface area contributed by atoms with E-state index in [1.165, 1.54) is 23.2 Å². The third-order valence-corrected chi connectivity index (χ3v) is 3.13. The molecule has 98 valence electrons. The molecule has 1 aliphatic rings. The molecule has 2 heterocycles. The molecule has 6 heteroatoms. The second kappa shape index (κ2) is 5.88. The highest BCUT2D eigenvalue weighted by molar-refractivity contribution is 5.78. The molecule has 0 saturated carbocycles. The molecule has 6 nitrogen and oxygen atoms in total. The molecule has 0 unspecified atom stereocenters. The van der Waals surface area contributed by atoms with E-state index in [2.05, 4.69) is 10.3 Å². The van der Waals surface area contributed by atoms with Gasteiger partial charge in [-0.3, -0.25) is 14.2 Å². The van der Waals surface area contributed by atoms with Gasteiger partial charge in [-0.15, -0.1) is 0 Å². The highest BCUT2D eigenvalue weighted by Crippen LogP contribution is 2.11. The lowest BCUT2D eigenvalue weighted by Gasteiger charge is -2.28. The SMILES string of the molecule is O=C(C[C@H]1NCCC[C@@H]1O)Cn1cnccc1=O. The number of piperidine rings is 1. The van der Waals surface area contributed by atoms with Crippen molar-refractivity contribution in [2.45, 2.75) is 38.0 Å². The molecular formula is C12H17N3O3. The summed E-state index contributed by atoms with van der Waals surface area (Å²) in [7, 11) is 0. The van der Waals surface area contributed by atoms with Crippen LogP contribution in [0.15, 0.2) is 23.4 Å². The van der Waals surface area contributed by atoms with E-state index in [-0.39, 0.29) is 30.3 Å². The lowest BCUT2D eigenvalue weighted by atomic mass is 9.97. The summed E-state index contributed by atoms with van der Waals surface area (Å²) in [6, 6.07) is 1.12. The van der Waals surface area contributed by atoms with Gasteiger partial charge >= 0.3 is 0 Å². The van der Waals surface area contributed by atoms with Gasteiger partial charge in [-0.2, -0.15) is 0 Å². The van der Waals surface area contributed by atoms with Gasteiger partial charge in [0, 0.05) is 24.7 Å². The van der Waals surface area contributed by atoms with E-state index in [1.807, 2.05) is 0 Å². The van der Waals surface area contributed by atoms with Gasteiger partial charge in [0.25, 0.3) is 5.56 Å². The fraction of sp³-hybridized carbons (Fsp3) is 0.583. The van der Waals surface area contributed by atoms with Crippen molar-refractivity contribution in [2.75, 3.05) is 6.54 Å². The average molecular weight is 251 g/mol. The van der Waals surface area contributed by atoms with Crippen LogP contribution in [0.25, 0.3) is 0 Å². The molecule has 1 aliphatic heterocycles. The first-order valence-electron chi connectivity index (χ1n) is 6.10. The van der Waals surface area contributed by atoms with Crippen LogP contribution < -0.4 is 10.9 Å². The van der Waals surface area contributed by atoms with Crippen molar-refractivity contribution in [2.24, 2.45) is 0 Å².